The zero-order valence-corrected chi connectivity index (χ0v) is 14.2. The molecule has 1 N–H and O–H groups in total. The molecule has 0 amide bonds. The Labute approximate surface area is 149 Å². The monoisotopic (exact) mass is 377 g/mol. The van der Waals surface area contributed by atoms with E-state index in [1.54, 1.807) is 48.5 Å². The van der Waals surface area contributed by atoms with Crippen LogP contribution in [0.5, 0.6) is 0 Å². The van der Waals surface area contributed by atoms with Gasteiger partial charge in [0.1, 0.15) is 0 Å². The van der Waals surface area contributed by atoms with Gasteiger partial charge in [0.2, 0.25) is 0 Å². The first-order valence-electron chi connectivity index (χ1n) is 7.62. The fraction of sp³-hybridized carbons (Fsp3) is 0.0526. The van der Waals surface area contributed by atoms with E-state index in [2.05, 4.69) is 4.72 Å². The molecule has 0 aromatic heterocycles. The van der Waals surface area contributed by atoms with Crippen molar-refractivity contribution in [2.45, 2.75) is 11.1 Å². The van der Waals surface area contributed by atoms with Gasteiger partial charge in [0.05, 0.1) is 16.1 Å². The van der Waals surface area contributed by atoms with Crippen LogP contribution < -0.4 is 4.72 Å². The van der Waals surface area contributed by atoms with E-state index in [1.165, 1.54) is 18.2 Å². The zero-order valence-electron chi connectivity index (χ0n) is 13.4. The first kappa shape index (κ1) is 18.0. The summed E-state index contributed by atoms with van der Waals surface area (Å²) in [4.78, 5) is -0.0311. The molecule has 3 nitrogen and oxygen atoms in total. The quantitative estimate of drug-likeness (QED) is 0.682. The molecule has 0 heterocycles. The molecule has 0 fully saturated rings. The van der Waals surface area contributed by atoms with Crippen molar-refractivity contribution in [3.63, 3.8) is 0 Å². The van der Waals surface area contributed by atoms with Crippen LogP contribution in [0, 0.1) is 0 Å². The van der Waals surface area contributed by atoms with Crippen LogP contribution in [0.25, 0.3) is 11.1 Å². The predicted octanol–water partition coefficient (Wildman–Crippen LogP) is 5.17. The summed E-state index contributed by atoms with van der Waals surface area (Å²) < 4.78 is 66.6. The standard InChI is InChI=1S/C19H14F3NO2S/c20-19(21,22)15-11-12-17(14-7-3-1-4-8-14)18(13-15)23-26(24,25)16-9-5-2-6-10-16/h1-13,23H. The maximum atomic E-state index is 13.1. The van der Waals surface area contributed by atoms with Crippen molar-refractivity contribution >= 4 is 15.7 Å². The molecular weight excluding hydrogens is 363 g/mol. The Morgan fingerprint density at radius 2 is 1.35 bits per heavy atom. The third-order valence-corrected chi connectivity index (χ3v) is 5.11. The van der Waals surface area contributed by atoms with Crippen molar-refractivity contribution in [2.24, 2.45) is 0 Å². The lowest BCUT2D eigenvalue weighted by atomic mass is 10.0. The Morgan fingerprint density at radius 1 is 0.769 bits per heavy atom. The van der Waals surface area contributed by atoms with Crippen molar-refractivity contribution in [1.29, 1.82) is 0 Å². The van der Waals surface area contributed by atoms with Gasteiger partial charge < -0.3 is 0 Å². The fourth-order valence-corrected chi connectivity index (χ4v) is 3.57. The molecule has 0 aliphatic heterocycles. The number of nitrogens with one attached hydrogen (secondary N) is 1. The second-order valence-electron chi connectivity index (χ2n) is 5.54. The van der Waals surface area contributed by atoms with Gasteiger partial charge >= 0.3 is 6.18 Å². The topological polar surface area (TPSA) is 46.2 Å². The minimum Gasteiger partial charge on any atom is -0.279 e. The van der Waals surface area contributed by atoms with Gasteiger partial charge in [-0.1, -0.05) is 54.6 Å². The minimum absolute atomic E-state index is 0.0311. The molecule has 0 radical (unpaired) electrons. The number of benzene rings is 3. The van der Waals surface area contributed by atoms with Crippen LogP contribution >= 0.6 is 0 Å². The Kier molecular flexibility index (Phi) is 4.73. The van der Waals surface area contributed by atoms with E-state index in [4.69, 9.17) is 0 Å². The molecule has 26 heavy (non-hydrogen) atoms. The summed E-state index contributed by atoms with van der Waals surface area (Å²) in [7, 11) is -4.02. The number of rotatable bonds is 4. The van der Waals surface area contributed by atoms with Crippen LogP contribution in [0.2, 0.25) is 0 Å². The van der Waals surface area contributed by atoms with Crippen LogP contribution in [0.3, 0.4) is 0 Å². The summed E-state index contributed by atoms with van der Waals surface area (Å²) in [6, 6.07) is 19.1. The fourth-order valence-electron chi connectivity index (χ4n) is 2.48. The highest BCUT2D eigenvalue weighted by Gasteiger charge is 2.31. The number of halogens is 3. The Morgan fingerprint density at radius 3 is 1.92 bits per heavy atom. The molecule has 0 saturated carbocycles. The molecule has 0 saturated heterocycles. The van der Waals surface area contributed by atoms with Crippen molar-refractivity contribution in [3.8, 4) is 11.1 Å². The number of sulfonamides is 1. The summed E-state index contributed by atoms with van der Waals surface area (Å²) in [5.41, 5.74) is -0.0945. The van der Waals surface area contributed by atoms with Crippen LogP contribution in [-0.4, -0.2) is 8.42 Å². The lowest BCUT2D eigenvalue weighted by Gasteiger charge is -2.16. The summed E-state index contributed by atoms with van der Waals surface area (Å²) >= 11 is 0. The normalized spacial score (nSPS) is 12.0. The molecule has 0 bridgehead atoms. The SMILES string of the molecule is O=S(=O)(Nc1cc(C(F)(F)F)ccc1-c1ccccc1)c1ccccc1. The van der Waals surface area contributed by atoms with Crippen LogP contribution in [0.15, 0.2) is 83.8 Å². The minimum atomic E-state index is -4.58. The zero-order chi connectivity index (χ0) is 18.8. The van der Waals surface area contributed by atoms with Gasteiger partial charge in [-0.15, -0.1) is 0 Å². The van der Waals surface area contributed by atoms with Gasteiger partial charge in [-0.2, -0.15) is 13.2 Å². The number of hydrogen-bond donors (Lipinski definition) is 1. The van der Waals surface area contributed by atoms with Crippen LogP contribution in [0.1, 0.15) is 5.56 Å². The Balaban J connectivity index is 2.11. The lowest BCUT2D eigenvalue weighted by molar-refractivity contribution is -0.137. The first-order chi connectivity index (χ1) is 12.3. The van der Waals surface area contributed by atoms with Gasteiger partial charge in [0, 0.05) is 5.56 Å². The highest BCUT2D eigenvalue weighted by atomic mass is 32.2. The highest BCUT2D eigenvalue weighted by Crippen LogP contribution is 2.36. The molecule has 3 aromatic rings. The molecule has 3 aromatic carbocycles. The molecule has 0 atom stereocenters. The molecule has 0 aliphatic rings. The molecule has 0 spiro atoms. The van der Waals surface area contributed by atoms with E-state index in [0.29, 0.717) is 11.1 Å². The smallest absolute Gasteiger partial charge is 0.279 e. The van der Waals surface area contributed by atoms with Crippen molar-refractivity contribution < 1.29 is 21.6 Å². The summed E-state index contributed by atoms with van der Waals surface area (Å²) in [6.07, 6.45) is -4.58. The Hall–Kier alpha value is -2.80. The van der Waals surface area contributed by atoms with E-state index < -0.39 is 21.8 Å². The van der Waals surface area contributed by atoms with E-state index in [-0.39, 0.29) is 10.6 Å². The second-order valence-corrected chi connectivity index (χ2v) is 7.23. The third-order valence-electron chi connectivity index (χ3n) is 3.73. The van der Waals surface area contributed by atoms with E-state index >= 15 is 0 Å². The average molecular weight is 377 g/mol. The number of alkyl halides is 3. The molecule has 3 rings (SSSR count). The molecular formula is C19H14F3NO2S. The maximum absolute atomic E-state index is 13.1. The van der Waals surface area contributed by atoms with Gasteiger partial charge in [-0.05, 0) is 29.8 Å². The highest BCUT2D eigenvalue weighted by molar-refractivity contribution is 7.92. The first-order valence-corrected chi connectivity index (χ1v) is 9.10. The van der Waals surface area contributed by atoms with Gasteiger partial charge in [-0.3, -0.25) is 4.72 Å². The number of hydrogen-bond acceptors (Lipinski definition) is 2. The summed E-state index contributed by atoms with van der Waals surface area (Å²) in [5, 5.41) is 0. The summed E-state index contributed by atoms with van der Waals surface area (Å²) in [6.45, 7) is 0. The number of anilines is 1. The van der Waals surface area contributed by atoms with Gasteiger partial charge in [-0.25, -0.2) is 8.42 Å². The predicted molar refractivity (Wildman–Crippen MR) is 94.1 cm³/mol. The van der Waals surface area contributed by atoms with Crippen LogP contribution in [-0.2, 0) is 16.2 Å². The molecule has 7 heteroatoms. The Bertz CT molecular complexity index is 1000. The van der Waals surface area contributed by atoms with Crippen LogP contribution in [0.4, 0.5) is 18.9 Å². The third kappa shape index (κ3) is 3.88. The van der Waals surface area contributed by atoms with E-state index in [0.717, 1.165) is 12.1 Å². The van der Waals surface area contributed by atoms with E-state index in [9.17, 15) is 21.6 Å². The van der Waals surface area contributed by atoms with Crippen molar-refractivity contribution in [1.82, 2.24) is 0 Å². The molecule has 0 aliphatic carbocycles. The second kappa shape index (κ2) is 6.84. The van der Waals surface area contributed by atoms with Crippen molar-refractivity contribution in [2.75, 3.05) is 4.72 Å². The van der Waals surface area contributed by atoms with Crippen molar-refractivity contribution in [3.05, 3.63) is 84.4 Å². The molecule has 134 valence electrons. The average Bonchev–Trinajstić information content (AvgIpc) is 2.62. The maximum Gasteiger partial charge on any atom is 0.416 e. The van der Waals surface area contributed by atoms with E-state index in [1.807, 2.05) is 0 Å². The summed E-state index contributed by atoms with van der Waals surface area (Å²) in [5.74, 6) is 0. The lowest BCUT2D eigenvalue weighted by Crippen LogP contribution is -2.15. The molecule has 0 unspecified atom stereocenters. The van der Waals surface area contributed by atoms with Gasteiger partial charge in [0.15, 0.2) is 0 Å². The van der Waals surface area contributed by atoms with Gasteiger partial charge in [0.25, 0.3) is 10.0 Å². The largest absolute Gasteiger partial charge is 0.416 e.